The highest BCUT2D eigenvalue weighted by molar-refractivity contribution is 5.79. The van der Waals surface area contributed by atoms with E-state index in [0.29, 0.717) is 13.2 Å². The Balaban J connectivity index is 1.07. The van der Waals surface area contributed by atoms with Crippen molar-refractivity contribution >= 4 is 5.91 Å². The number of likely N-dealkylation sites (tertiary alicyclic amines) is 1. The molecular weight excluding hydrogens is 428 g/mol. The van der Waals surface area contributed by atoms with Gasteiger partial charge in [-0.2, -0.15) is 0 Å². The van der Waals surface area contributed by atoms with Gasteiger partial charge in [-0.15, -0.1) is 0 Å². The number of nitrogens with zero attached hydrogens (tertiary/aromatic N) is 1. The second-order valence-electron chi connectivity index (χ2n) is 8.91. The SMILES string of the molecule is COc1ccc(-c2ccc(CC(=O)NC3CCN(Cc4ccc5c(c4)OCO5)CC3)cc2)cc1. The monoisotopic (exact) mass is 458 g/mol. The van der Waals surface area contributed by atoms with E-state index in [-0.39, 0.29) is 11.9 Å². The summed E-state index contributed by atoms with van der Waals surface area (Å²) in [4.78, 5) is 15.1. The number of carbonyl (C=O) groups is 1. The topological polar surface area (TPSA) is 60.0 Å². The number of rotatable bonds is 7. The smallest absolute Gasteiger partial charge is 0.231 e. The lowest BCUT2D eigenvalue weighted by molar-refractivity contribution is -0.121. The number of methoxy groups -OCH3 is 1. The van der Waals surface area contributed by atoms with Crippen molar-refractivity contribution in [2.75, 3.05) is 27.0 Å². The van der Waals surface area contributed by atoms with Crippen molar-refractivity contribution in [2.45, 2.75) is 31.8 Å². The van der Waals surface area contributed by atoms with E-state index in [1.54, 1.807) is 7.11 Å². The zero-order chi connectivity index (χ0) is 23.3. The number of carbonyl (C=O) groups excluding carboxylic acids is 1. The van der Waals surface area contributed by atoms with E-state index >= 15 is 0 Å². The molecule has 176 valence electrons. The maximum Gasteiger partial charge on any atom is 0.231 e. The van der Waals surface area contributed by atoms with Gasteiger partial charge in [0.1, 0.15) is 5.75 Å². The molecule has 0 spiro atoms. The van der Waals surface area contributed by atoms with Gasteiger partial charge in [-0.25, -0.2) is 0 Å². The number of nitrogens with one attached hydrogen (secondary N) is 1. The summed E-state index contributed by atoms with van der Waals surface area (Å²) in [6, 6.07) is 22.6. The summed E-state index contributed by atoms with van der Waals surface area (Å²) in [5, 5.41) is 3.23. The molecule has 0 bridgehead atoms. The van der Waals surface area contributed by atoms with E-state index in [0.717, 1.165) is 66.4 Å². The first kappa shape index (κ1) is 22.3. The minimum atomic E-state index is 0.0893. The molecule has 0 unspecified atom stereocenters. The Kier molecular flexibility index (Phi) is 6.67. The number of ether oxygens (including phenoxy) is 3. The molecule has 0 aliphatic carbocycles. The molecule has 1 N–H and O–H groups in total. The number of benzene rings is 3. The lowest BCUT2D eigenvalue weighted by atomic mass is 10.0. The second kappa shape index (κ2) is 10.2. The van der Waals surface area contributed by atoms with E-state index in [1.807, 2.05) is 42.5 Å². The van der Waals surface area contributed by atoms with Crippen molar-refractivity contribution in [1.82, 2.24) is 10.2 Å². The molecular formula is C28H30N2O4. The molecule has 3 aromatic carbocycles. The molecule has 6 nitrogen and oxygen atoms in total. The summed E-state index contributed by atoms with van der Waals surface area (Å²) in [5.41, 5.74) is 4.51. The van der Waals surface area contributed by atoms with E-state index in [1.165, 1.54) is 5.56 Å². The van der Waals surface area contributed by atoms with E-state index in [2.05, 4.69) is 34.5 Å². The number of piperidine rings is 1. The number of fused-ring (bicyclic) bond motifs is 1. The number of amides is 1. The molecule has 2 aliphatic heterocycles. The molecule has 0 radical (unpaired) electrons. The minimum Gasteiger partial charge on any atom is -0.497 e. The van der Waals surface area contributed by atoms with Crippen LogP contribution in [0.4, 0.5) is 0 Å². The maximum absolute atomic E-state index is 12.6. The first-order valence-electron chi connectivity index (χ1n) is 11.8. The molecule has 2 heterocycles. The molecule has 5 rings (SSSR count). The van der Waals surface area contributed by atoms with Crippen LogP contribution < -0.4 is 19.5 Å². The van der Waals surface area contributed by atoms with Gasteiger partial charge >= 0.3 is 0 Å². The van der Waals surface area contributed by atoms with Gasteiger partial charge in [-0.1, -0.05) is 42.5 Å². The highest BCUT2D eigenvalue weighted by Crippen LogP contribution is 2.33. The van der Waals surface area contributed by atoms with Gasteiger partial charge in [0, 0.05) is 25.7 Å². The normalized spacial score (nSPS) is 15.8. The number of hydrogen-bond acceptors (Lipinski definition) is 5. The lowest BCUT2D eigenvalue weighted by Crippen LogP contribution is -2.44. The minimum absolute atomic E-state index is 0.0893. The Morgan fingerprint density at radius 1 is 0.912 bits per heavy atom. The fourth-order valence-electron chi connectivity index (χ4n) is 4.60. The molecule has 2 aliphatic rings. The van der Waals surface area contributed by atoms with Crippen LogP contribution >= 0.6 is 0 Å². The van der Waals surface area contributed by atoms with Crippen molar-refractivity contribution in [3.8, 4) is 28.4 Å². The molecule has 6 heteroatoms. The predicted molar refractivity (Wildman–Crippen MR) is 131 cm³/mol. The zero-order valence-electron chi connectivity index (χ0n) is 19.5. The Labute approximate surface area is 200 Å². The molecule has 34 heavy (non-hydrogen) atoms. The van der Waals surface area contributed by atoms with Gasteiger partial charge < -0.3 is 19.5 Å². The fraction of sp³-hybridized carbons (Fsp3) is 0.321. The Bertz CT molecular complexity index is 1120. The molecule has 0 aromatic heterocycles. The van der Waals surface area contributed by atoms with Crippen LogP contribution in [-0.4, -0.2) is 43.8 Å². The third-order valence-corrected chi connectivity index (χ3v) is 6.54. The summed E-state index contributed by atoms with van der Waals surface area (Å²) in [6.07, 6.45) is 2.33. The molecule has 0 saturated carbocycles. The van der Waals surface area contributed by atoms with Crippen LogP contribution in [0.25, 0.3) is 11.1 Å². The van der Waals surface area contributed by atoms with Crippen LogP contribution in [-0.2, 0) is 17.8 Å². The van der Waals surface area contributed by atoms with Gasteiger partial charge in [-0.05, 0) is 59.4 Å². The van der Waals surface area contributed by atoms with Crippen LogP contribution in [0.1, 0.15) is 24.0 Å². The first-order chi connectivity index (χ1) is 16.7. The maximum atomic E-state index is 12.6. The largest absolute Gasteiger partial charge is 0.497 e. The summed E-state index contributed by atoms with van der Waals surface area (Å²) in [7, 11) is 1.67. The highest BCUT2D eigenvalue weighted by Gasteiger charge is 2.22. The zero-order valence-corrected chi connectivity index (χ0v) is 19.5. The molecule has 1 amide bonds. The summed E-state index contributed by atoms with van der Waals surface area (Å²) in [6.45, 7) is 3.13. The molecule has 1 saturated heterocycles. The van der Waals surface area contributed by atoms with Crippen LogP contribution in [0, 0.1) is 0 Å². The van der Waals surface area contributed by atoms with Gasteiger partial charge in [0.15, 0.2) is 11.5 Å². The van der Waals surface area contributed by atoms with Crippen molar-refractivity contribution < 1.29 is 19.0 Å². The standard InChI is InChI=1S/C28H30N2O4/c1-32-25-9-7-23(8-10-25)22-5-2-20(3-6-22)17-28(31)29-24-12-14-30(15-13-24)18-21-4-11-26-27(16-21)34-19-33-26/h2-11,16,24H,12-15,17-19H2,1H3,(H,29,31). The average Bonchev–Trinajstić information content (AvgIpc) is 3.34. The summed E-state index contributed by atoms with van der Waals surface area (Å²) < 4.78 is 16.1. The van der Waals surface area contributed by atoms with Crippen molar-refractivity contribution in [3.05, 3.63) is 77.9 Å². The third-order valence-electron chi connectivity index (χ3n) is 6.54. The molecule has 0 atom stereocenters. The van der Waals surface area contributed by atoms with E-state index < -0.39 is 0 Å². The van der Waals surface area contributed by atoms with Crippen LogP contribution in [0.2, 0.25) is 0 Å². The van der Waals surface area contributed by atoms with Crippen LogP contribution in [0.3, 0.4) is 0 Å². The first-order valence-corrected chi connectivity index (χ1v) is 11.8. The Morgan fingerprint density at radius 3 is 2.26 bits per heavy atom. The summed E-state index contributed by atoms with van der Waals surface area (Å²) in [5.74, 6) is 2.58. The highest BCUT2D eigenvalue weighted by atomic mass is 16.7. The average molecular weight is 459 g/mol. The van der Waals surface area contributed by atoms with Crippen LogP contribution in [0.5, 0.6) is 17.2 Å². The Hall–Kier alpha value is -3.51. The van der Waals surface area contributed by atoms with Crippen molar-refractivity contribution in [2.24, 2.45) is 0 Å². The lowest BCUT2D eigenvalue weighted by Gasteiger charge is -2.32. The van der Waals surface area contributed by atoms with Gasteiger partial charge in [0.25, 0.3) is 0 Å². The van der Waals surface area contributed by atoms with Gasteiger partial charge in [0.05, 0.1) is 13.5 Å². The molecule has 3 aromatic rings. The summed E-state index contributed by atoms with van der Waals surface area (Å²) >= 11 is 0. The van der Waals surface area contributed by atoms with E-state index in [4.69, 9.17) is 14.2 Å². The van der Waals surface area contributed by atoms with Crippen molar-refractivity contribution in [3.63, 3.8) is 0 Å². The third kappa shape index (κ3) is 5.34. The molecule has 1 fully saturated rings. The van der Waals surface area contributed by atoms with E-state index in [9.17, 15) is 4.79 Å². The fourth-order valence-corrected chi connectivity index (χ4v) is 4.60. The quantitative estimate of drug-likeness (QED) is 0.568. The van der Waals surface area contributed by atoms with Crippen molar-refractivity contribution in [1.29, 1.82) is 0 Å². The van der Waals surface area contributed by atoms with Gasteiger partial charge in [0.2, 0.25) is 12.7 Å². The van der Waals surface area contributed by atoms with Crippen LogP contribution in [0.15, 0.2) is 66.7 Å². The number of hydrogen-bond donors (Lipinski definition) is 1. The Morgan fingerprint density at radius 2 is 1.56 bits per heavy atom. The predicted octanol–water partition coefficient (Wildman–Crippen LogP) is 4.41. The van der Waals surface area contributed by atoms with Gasteiger partial charge in [-0.3, -0.25) is 9.69 Å². The second-order valence-corrected chi connectivity index (χ2v) is 8.91.